The second-order valence-corrected chi connectivity index (χ2v) is 8.49. The lowest BCUT2D eigenvalue weighted by Gasteiger charge is -2.21. The molecule has 0 saturated carbocycles. The van der Waals surface area contributed by atoms with Crippen LogP contribution in [-0.2, 0) is 10.0 Å². The van der Waals surface area contributed by atoms with Gasteiger partial charge in [-0.15, -0.1) is 16.6 Å². The largest absolute Gasteiger partial charge is 0.295 e. The van der Waals surface area contributed by atoms with Crippen molar-refractivity contribution in [3.05, 3.63) is 38.7 Å². The van der Waals surface area contributed by atoms with E-state index in [1.54, 1.807) is 0 Å². The van der Waals surface area contributed by atoms with Crippen LogP contribution in [0.5, 0.6) is 0 Å². The highest BCUT2D eigenvalue weighted by Gasteiger charge is 2.30. The molecule has 0 aliphatic carbocycles. The molecule has 0 bridgehead atoms. The topological polar surface area (TPSA) is 82.9 Å². The van der Waals surface area contributed by atoms with Crippen LogP contribution in [0, 0.1) is 5.92 Å². The van der Waals surface area contributed by atoms with Gasteiger partial charge >= 0.3 is 0 Å². The smallest absolute Gasteiger partial charge is 0.258 e. The Bertz CT molecular complexity index is 839. The van der Waals surface area contributed by atoms with Gasteiger partial charge in [0.15, 0.2) is 0 Å². The van der Waals surface area contributed by atoms with Crippen LogP contribution in [0.1, 0.15) is 0 Å². The summed E-state index contributed by atoms with van der Waals surface area (Å²) in [5.41, 5.74) is 2.61. The van der Waals surface area contributed by atoms with Gasteiger partial charge in [0.1, 0.15) is 22.4 Å². The van der Waals surface area contributed by atoms with Crippen molar-refractivity contribution < 1.29 is 8.42 Å². The molecule has 11 heteroatoms. The maximum atomic E-state index is 12.4. The molecule has 0 spiro atoms. The van der Waals surface area contributed by atoms with Crippen LogP contribution in [0.3, 0.4) is 0 Å². The molecule has 1 aromatic carbocycles. The first-order chi connectivity index (χ1) is 10.9. The van der Waals surface area contributed by atoms with Gasteiger partial charge in [0.2, 0.25) is 0 Å². The molecule has 23 heavy (non-hydrogen) atoms. The average Bonchev–Trinajstić information content (AvgIpc) is 2.97. The number of hydrogen-bond donors (Lipinski definition) is 2. The van der Waals surface area contributed by atoms with E-state index in [2.05, 4.69) is 20.2 Å². The zero-order chi connectivity index (χ0) is 16.6. The molecule has 1 aromatic rings. The molecule has 0 amide bonds. The number of aliphatic imine (C=N–C) groups is 2. The molecular weight excluding hydrogens is 403 g/mol. The van der Waals surface area contributed by atoms with Crippen LogP contribution in [0.4, 0.5) is 0 Å². The number of halogens is 3. The predicted molar refractivity (Wildman–Crippen MR) is 94.9 cm³/mol. The van der Waals surface area contributed by atoms with Crippen molar-refractivity contribution in [1.82, 2.24) is 10.3 Å². The summed E-state index contributed by atoms with van der Waals surface area (Å²) in [5, 5.41) is 2.10. The normalized spacial score (nSPS) is 22.8. The minimum absolute atomic E-state index is 0.0324. The van der Waals surface area contributed by atoms with Crippen LogP contribution in [0.2, 0.25) is 15.1 Å². The van der Waals surface area contributed by atoms with Crippen molar-refractivity contribution in [2.75, 3.05) is 0 Å². The molecule has 2 N–H and O–H groups in total. The fourth-order valence-corrected chi connectivity index (χ4v) is 4.78. The predicted octanol–water partition coefficient (Wildman–Crippen LogP) is 3.07. The minimum atomic E-state index is -3.95. The van der Waals surface area contributed by atoms with E-state index in [-0.39, 0.29) is 31.3 Å². The Balaban J connectivity index is 1.80. The molecule has 2 unspecified atom stereocenters. The third kappa shape index (κ3) is 3.52. The zero-order valence-corrected chi connectivity index (χ0v) is 15.1. The number of thioether (sulfide) groups is 1. The number of benzene rings is 1. The van der Waals surface area contributed by atoms with Crippen molar-refractivity contribution in [2.45, 2.75) is 10.3 Å². The van der Waals surface area contributed by atoms with Crippen LogP contribution in [0.15, 0.2) is 38.5 Å². The molecule has 0 fully saturated rings. The highest BCUT2D eigenvalue weighted by Crippen LogP contribution is 2.33. The number of nitrogens with zero attached hydrogens (tertiary/aromatic N) is 2. The fourth-order valence-electron chi connectivity index (χ4n) is 1.99. The summed E-state index contributed by atoms with van der Waals surface area (Å²) in [6, 6.07) is 2.46. The van der Waals surface area contributed by atoms with Crippen LogP contribution < -0.4 is 10.3 Å². The van der Waals surface area contributed by atoms with Gasteiger partial charge in [-0.25, -0.2) is 13.4 Å². The van der Waals surface area contributed by atoms with E-state index in [4.69, 9.17) is 34.8 Å². The van der Waals surface area contributed by atoms with Crippen molar-refractivity contribution in [3.63, 3.8) is 0 Å². The van der Waals surface area contributed by atoms with E-state index in [0.717, 1.165) is 0 Å². The Morgan fingerprint density at radius 1 is 1.13 bits per heavy atom. The van der Waals surface area contributed by atoms with Crippen molar-refractivity contribution in [2.24, 2.45) is 15.9 Å². The maximum Gasteiger partial charge on any atom is 0.258 e. The van der Waals surface area contributed by atoms with Gasteiger partial charge in [0.25, 0.3) is 10.0 Å². The minimum Gasteiger partial charge on any atom is -0.295 e. The van der Waals surface area contributed by atoms with Crippen LogP contribution in [0.25, 0.3) is 0 Å². The molecule has 2 atom stereocenters. The van der Waals surface area contributed by atoms with Crippen molar-refractivity contribution in [3.8, 4) is 0 Å². The van der Waals surface area contributed by atoms with E-state index < -0.39 is 10.0 Å². The average molecular weight is 412 g/mol. The summed E-state index contributed by atoms with van der Waals surface area (Å²) in [7, 11) is -3.95. The number of fused-ring (bicyclic) bond motifs is 1. The standard InChI is InChI=1S/C12H9Cl3N4O2S2/c13-7-3-9(15)10(4-8(7)14)23(20,21)19-18-11-6-1-2-22-12(6)17-5-16-11/h1-6,12,19H,(H,16,17,18). The molecule has 2 heterocycles. The second-order valence-electron chi connectivity index (χ2n) is 4.59. The summed E-state index contributed by atoms with van der Waals surface area (Å²) in [6.07, 6.45) is 3.29. The molecule has 0 saturated heterocycles. The Labute approximate surface area is 152 Å². The van der Waals surface area contributed by atoms with E-state index in [9.17, 15) is 8.42 Å². The number of amidine groups is 1. The summed E-state index contributed by atoms with van der Waals surface area (Å²) in [4.78, 5) is 10.3. The monoisotopic (exact) mass is 410 g/mol. The lowest BCUT2D eigenvalue weighted by molar-refractivity contribution is 0.575. The van der Waals surface area contributed by atoms with E-state index >= 15 is 0 Å². The number of rotatable bonds is 3. The number of nitrogens with one attached hydrogen (secondary N) is 2. The van der Waals surface area contributed by atoms with Gasteiger partial charge in [-0.3, -0.25) is 10.4 Å². The van der Waals surface area contributed by atoms with Crippen LogP contribution >= 0.6 is 46.6 Å². The molecule has 2 aliphatic rings. The summed E-state index contributed by atoms with van der Waals surface area (Å²) in [5.74, 6) is 0.336. The second kappa shape index (κ2) is 6.62. The number of hydrogen-bond acceptors (Lipinski definition) is 6. The molecule has 122 valence electrons. The van der Waals surface area contributed by atoms with Crippen molar-refractivity contribution >= 4 is 68.8 Å². The highest BCUT2D eigenvalue weighted by molar-refractivity contribution is 8.03. The SMILES string of the molecule is O=S(=O)(NNC1=NC=NC2SC=CC12)c1cc(Cl)c(Cl)cc1Cl. The van der Waals surface area contributed by atoms with Crippen LogP contribution in [-0.4, -0.2) is 26.0 Å². The fraction of sp³-hybridized carbons (Fsp3) is 0.167. The first-order valence-electron chi connectivity index (χ1n) is 6.22. The van der Waals surface area contributed by atoms with Gasteiger partial charge in [-0.05, 0) is 17.5 Å². The first-order valence-corrected chi connectivity index (χ1v) is 9.78. The van der Waals surface area contributed by atoms with Gasteiger partial charge in [0, 0.05) is 0 Å². The third-order valence-electron chi connectivity index (χ3n) is 3.12. The summed E-state index contributed by atoms with van der Waals surface area (Å²) >= 11 is 19.1. The lowest BCUT2D eigenvalue weighted by atomic mass is 10.1. The van der Waals surface area contributed by atoms with Gasteiger partial charge in [-0.1, -0.05) is 40.9 Å². The zero-order valence-electron chi connectivity index (χ0n) is 11.2. The Morgan fingerprint density at radius 3 is 2.65 bits per heavy atom. The van der Waals surface area contributed by atoms with E-state index in [1.807, 2.05) is 11.5 Å². The third-order valence-corrected chi connectivity index (χ3v) is 6.56. The molecule has 0 radical (unpaired) electrons. The molecule has 0 aromatic heterocycles. The van der Waals surface area contributed by atoms with E-state index in [1.165, 1.54) is 30.2 Å². The first kappa shape index (κ1) is 17.1. The number of hydrazine groups is 1. The van der Waals surface area contributed by atoms with Crippen molar-refractivity contribution in [1.29, 1.82) is 0 Å². The lowest BCUT2D eigenvalue weighted by Crippen LogP contribution is -2.46. The summed E-state index contributed by atoms with van der Waals surface area (Å²) < 4.78 is 24.8. The summed E-state index contributed by atoms with van der Waals surface area (Å²) in [6.45, 7) is 0. The Kier molecular flexibility index (Phi) is 4.91. The van der Waals surface area contributed by atoms with Gasteiger partial charge in [-0.2, -0.15) is 0 Å². The molecular formula is C12H9Cl3N4O2S2. The molecule has 3 rings (SSSR count). The maximum absolute atomic E-state index is 12.4. The van der Waals surface area contributed by atoms with E-state index in [0.29, 0.717) is 5.84 Å². The molecule has 2 aliphatic heterocycles. The highest BCUT2D eigenvalue weighted by atomic mass is 35.5. The molecule has 6 nitrogen and oxygen atoms in total. The Morgan fingerprint density at radius 2 is 1.87 bits per heavy atom. The van der Waals surface area contributed by atoms with Gasteiger partial charge in [0.05, 0.1) is 21.0 Å². The van der Waals surface area contributed by atoms with Gasteiger partial charge < -0.3 is 0 Å². The number of sulfonamides is 1. The Hall–Kier alpha value is -0.770. The quantitative estimate of drug-likeness (QED) is 0.591.